The zero-order chi connectivity index (χ0) is 39.2. The van der Waals surface area contributed by atoms with E-state index in [0.717, 1.165) is 48.5 Å². The van der Waals surface area contributed by atoms with Crippen LogP contribution in [0.5, 0.6) is 0 Å². The fourth-order valence-corrected chi connectivity index (χ4v) is 9.86. The van der Waals surface area contributed by atoms with Crippen LogP contribution in [0.3, 0.4) is 0 Å². The minimum absolute atomic E-state index is 0.0204. The van der Waals surface area contributed by atoms with E-state index >= 15 is 4.39 Å². The molecule has 5 atom stereocenters. The van der Waals surface area contributed by atoms with E-state index in [1.165, 1.54) is 6.07 Å². The van der Waals surface area contributed by atoms with Gasteiger partial charge in [-0.3, -0.25) is 4.79 Å². The number of aromatic nitrogens is 2. The Morgan fingerprint density at radius 3 is 2.57 bits per heavy atom. The van der Waals surface area contributed by atoms with Gasteiger partial charge in [-0.2, -0.15) is 18.4 Å². The highest BCUT2D eigenvalue weighted by Gasteiger charge is 2.51. The summed E-state index contributed by atoms with van der Waals surface area (Å²) in [4.78, 5) is 20.8. The first-order chi connectivity index (χ1) is 26.8. The zero-order valence-corrected chi connectivity index (χ0v) is 32.3. The van der Waals surface area contributed by atoms with Gasteiger partial charge < -0.3 is 19.5 Å². The lowest BCUT2D eigenvalue weighted by Gasteiger charge is -2.39. The minimum Gasteiger partial charge on any atom is -0.372 e. The summed E-state index contributed by atoms with van der Waals surface area (Å²) in [6.45, 7) is 4.34. The molecule has 7 nitrogen and oxygen atoms in total. The molecule has 2 aliphatic carbocycles. The number of pyridine rings is 1. The van der Waals surface area contributed by atoms with Crippen molar-refractivity contribution in [1.82, 2.24) is 19.8 Å². The third kappa shape index (κ3) is 6.15. The number of nitriles is 1. The van der Waals surface area contributed by atoms with Gasteiger partial charge in [0.15, 0.2) is 5.82 Å². The summed E-state index contributed by atoms with van der Waals surface area (Å²) >= 11 is 13.1. The van der Waals surface area contributed by atoms with Gasteiger partial charge in [0, 0.05) is 71.2 Å². The number of fused-ring (bicyclic) bond motifs is 4. The Morgan fingerprint density at radius 1 is 1.09 bits per heavy atom. The molecule has 5 aromatic rings. The van der Waals surface area contributed by atoms with Gasteiger partial charge in [0.05, 0.1) is 52.0 Å². The van der Waals surface area contributed by atoms with E-state index in [4.69, 9.17) is 32.9 Å². The van der Waals surface area contributed by atoms with Crippen LogP contribution in [-0.4, -0.2) is 45.6 Å². The molecule has 3 aromatic carbocycles. The van der Waals surface area contributed by atoms with Gasteiger partial charge in [0.25, 0.3) is 0 Å². The van der Waals surface area contributed by atoms with Crippen molar-refractivity contribution in [2.75, 3.05) is 13.1 Å². The summed E-state index contributed by atoms with van der Waals surface area (Å²) in [5.74, 6) is -0.315. The molecular weight excluding hydrogens is 765 g/mol. The molecule has 1 amide bonds. The van der Waals surface area contributed by atoms with Crippen LogP contribution in [0.25, 0.3) is 32.9 Å². The number of aryl methyl sites for hydroxylation is 3. The van der Waals surface area contributed by atoms with Gasteiger partial charge in [-0.1, -0.05) is 47.5 Å². The van der Waals surface area contributed by atoms with Gasteiger partial charge in [-0.25, -0.2) is 9.37 Å². The molecule has 3 aliphatic heterocycles. The topological polar surface area (TPSA) is 83.2 Å². The normalized spacial score (nSPS) is 23.3. The largest absolute Gasteiger partial charge is 0.416 e. The average Bonchev–Trinajstić information content (AvgIpc) is 3.44. The third-order valence-electron chi connectivity index (χ3n) is 12.4. The first kappa shape index (κ1) is 37.4. The van der Waals surface area contributed by atoms with Crippen molar-refractivity contribution < 1.29 is 27.1 Å². The maximum atomic E-state index is 17.2. The smallest absolute Gasteiger partial charge is 0.372 e. The van der Waals surface area contributed by atoms with Crippen molar-refractivity contribution in [2.45, 2.75) is 89.4 Å². The van der Waals surface area contributed by atoms with Crippen LogP contribution in [0.15, 0.2) is 48.5 Å². The van der Waals surface area contributed by atoms with Crippen molar-refractivity contribution in [1.29, 1.82) is 5.26 Å². The Kier molecular flexibility index (Phi) is 9.35. The molecule has 5 aliphatic rings. The van der Waals surface area contributed by atoms with Crippen LogP contribution in [0.2, 0.25) is 10.0 Å². The first-order valence-electron chi connectivity index (χ1n) is 19.1. The minimum atomic E-state index is -4.53. The second kappa shape index (κ2) is 14.0. The van der Waals surface area contributed by atoms with Crippen LogP contribution in [0, 0.1) is 42.8 Å². The molecule has 3 saturated heterocycles. The lowest BCUT2D eigenvalue weighted by Crippen LogP contribution is -2.41. The van der Waals surface area contributed by atoms with Crippen LogP contribution in [0.1, 0.15) is 77.8 Å². The van der Waals surface area contributed by atoms with E-state index in [2.05, 4.69) is 22.0 Å². The Balaban J connectivity index is 1.20. The molecule has 1 N–H and O–H groups in total. The average molecular weight is 805 g/mol. The Hall–Kier alpha value is -4.21. The quantitative estimate of drug-likeness (QED) is 0.150. The first-order valence-corrected chi connectivity index (χ1v) is 19.9. The highest BCUT2D eigenvalue weighted by Crippen LogP contribution is 2.51. The molecule has 5 fully saturated rings. The number of halogens is 6. The number of carbonyl (C=O) groups excluding carboxylic acids is 1. The molecular formula is C43H39Cl2F4N5O2. The number of hydrogen-bond donors (Lipinski definition) is 1. The number of likely N-dealkylation sites (tertiary alicyclic amines) is 1. The van der Waals surface area contributed by atoms with Gasteiger partial charge in [-0.05, 0) is 86.4 Å². The number of benzene rings is 3. The summed E-state index contributed by atoms with van der Waals surface area (Å²) in [5.41, 5.74) is 3.62. The maximum Gasteiger partial charge on any atom is 0.416 e. The van der Waals surface area contributed by atoms with Gasteiger partial charge in [0.2, 0.25) is 5.91 Å². The summed E-state index contributed by atoms with van der Waals surface area (Å²) in [5, 5.41) is 15.2. The molecule has 2 bridgehead atoms. The van der Waals surface area contributed by atoms with Crippen molar-refractivity contribution in [3.05, 3.63) is 98.0 Å². The zero-order valence-electron chi connectivity index (χ0n) is 30.8. The third-order valence-corrected chi connectivity index (χ3v) is 13.2. The summed E-state index contributed by atoms with van der Waals surface area (Å²) < 4.78 is 67.9. The number of nitrogens with zero attached hydrogens (tertiary/aromatic N) is 4. The number of ether oxygens (including phenoxy) is 1. The predicted molar refractivity (Wildman–Crippen MR) is 207 cm³/mol. The molecule has 1 unspecified atom stereocenters. The van der Waals surface area contributed by atoms with Crippen molar-refractivity contribution >= 4 is 50.9 Å². The number of carbonyl (C=O) groups is 1. The Labute approximate surface area is 331 Å². The molecule has 0 spiro atoms. The lowest BCUT2D eigenvalue weighted by atomic mass is 9.79. The molecule has 13 heteroatoms. The van der Waals surface area contributed by atoms with E-state index in [0.29, 0.717) is 40.1 Å². The van der Waals surface area contributed by atoms with E-state index in [9.17, 15) is 23.2 Å². The Bertz CT molecular complexity index is 2460. The molecule has 0 radical (unpaired) electrons. The lowest BCUT2D eigenvalue weighted by molar-refractivity contribution is -0.139. The number of nitrogens with one attached hydrogen (secondary N) is 1. The second-order valence-corrected chi connectivity index (χ2v) is 16.6. The molecule has 290 valence electrons. The highest BCUT2D eigenvalue weighted by molar-refractivity contribution is 6.43. The van der Waals surface area contributed by atoms with E-state index in [1.807, 2.05) is 17.9 Å². The number of hydrogen-bond acceptors (Lipinski definition) is 5. The van der Waals surface area contributed by atoms with E-state index < -0.39 is 29.7 Å². The van der Waals surface area contributed by atoms with Gasteiger partial charge in [0.1, 0.15) is 5.52 Å². The predicted octanol–water partition coefficient (Wildman–Crippen LogP) is 10.2. The van der Waals surface area contributed by atoms with Crippen molar-refractivity contribution in [3.63, 3.8) is 0 Å². The van der Waals surface area contributed by atoms with Crippen LogP contribution in [0.4, 0.5) is 17.6 Å². The SMILES string of the molecule is Cc1cccc(C(F)(F)F)c1CO[C@H]1C[C@H](c2cc3c(C)nc4c(F)c(-c5cccc(Cl)c5Cl)c(CCC#N)cc4c3n2C2[C@H]3CN[C@@H]2C3)N(C(=O)C2CC2)C1. The highest BCUT2D eigenvalue weighted by atomic mass is 35.5. The van der Waals surface area contributed by atoms with E-state index in [-0.39, 0.29) is 76.6 Å². The van der Waals surface area contributed by atoms with Crippen LogP contribution in [-0.2, 0) is 28.7 Å². The number of amides is 1. The summed E-state index contributed by atoms with van der Waals surface area (Å²) in [7, 11) is 0. The molecule has 2 saturated carbocycles. The fraction of sp³-hybridized carbons (Fsp3) is 0.419. The van der Waals surface area contributed by atoms with Gasteiger partial charge >= 0.3 is 6.18 Å². The standard InChI is InChI=1S/C43H39Cl2F4N5O2/c1-21-6-3-9-31(43(47,48)49)30(21)20-56-26-16-34(53(19-26)42(55)23-11-12-23)35-17-28-22(2)52-39-29(41(28)54(35)40-25-15-33(40)51-18-25)14-24(7-5-13-50)36(38(39)46)27-8-4-10-32(44)37(27)45/h3-4,6,8-10,14,17,23,25-26,33-34,40,51H,5,7,11-12,15-16,18-20H2,1-2H3/t25-,26+,33-,34-,40?/m1/s1. The van der Waals surface area contributed by atoms with Crippen LogP contribution < -0.4 is 5.32 Å². The number of alkyl halides is 3. The molecule has 5 heterocycles. The monoisotopic (exact) mass is 803 g/mol. The van der Waals surface area contributed by atoms with E-state index in [1.54, 1.807) is 31.2 Å². The van der Waals surface area contributed by atoms with Crippen LogP contribution >= 0.6 is 23.2 Å². The Morgan fingerprint density at radius 2 is 1.88 bits per heavy atom. The maximum absolute atomic E-state index is 17.2. The fourth-order valence-electron chi connectivity index (χ4n) is 9.47. The summed E-state index contributed by atoms with van der Waals surface area (Å²) in [6, 6.07) is 15.2. The van der Waals surface area contributed by atoms with Gasteiger partial charge in [-0.15, -0.1) is 0 Å². The second-order valence-electron chi connectivity index (χ2n) is 15.8. The molecule has 56 heavy (non-hydrogen) atoms. The molecule has 10 rings (SSSR count). The molecule has 2 aromatic heterocycles. The van der Waals surface area contributed by atoms with Crippen molar-refractivity contribution in [2.24, 2.45) is 11.8 Å². The van der Waals surface area contributed by atoms with Crippen molar-refractivity contribution in [3.8, 4) is 17.2 Å². The summed E-state index contributed by atoms with van der Waals surface area (Å²) in [6.07, 6.45) is -1.66. The number of rotatable bonds is 9.